The van der Waals surface area contributed by atoms with Gasteiger partial charge in [0.05, 0.1) is 49.8 Å². The molecular formula is C49H32N6. The molecule has 0 aliphatic carbocycles. The van der Waals surface area contributed by atoms with Crippen molar-refractivity contribution in [2.75, 3.05) is 0 Å². The van der Waals surface area contributed by atoms with E-state index in [2.05, 4.69) is 189 Å². The molecule has 0 N–H and O–H groups in total. The van der Waals surface area contributed by atoms with Crippen molar-refractivity contribution in [3.05, 3.63) is 176 Å². The largest absolute Gasteiger partial charge is 0.327 e. The highest BCUT2D eigenvalue weighted by molar-refractivity contribution is 6.13. The van der Waals surface area contributed by atoms with E-state index in [9.17, 15) is 0 Å². The Morgan fingerprint density at radius 1 is 0.382 bits per heavy atom. The van der Waals surface area contributed by atoms with Gasteiger partial charge in [0.25, 0.3) is 0 Å². The van der Waals surface area contributed by atoms with Gasteiger partial charge < -0.3 is 13.7 Å². The van der Waals surface area contributed by atoms with Gasteiger partial charge in [0.15, 0.2) is 0 Å². The second-order valence-electron chi connectivity index (χ2n) is 14.4. The minimum atomic E-state index is 0.870. The number of pyridine rings is 1. The number of aromatic nitrogens is 6. The van der Waals surface area contributed by atoms with Crippen molar-refractivity contribution in [3.63, 3.8) is 0 Å². The van der Waals surface area contributed by atoms with Crippen LogP contribution in [0.4, 0.5) is 0 Å². The summed E-state index contributed by atoms with van der Waals surface area (Å²) in [5, 5.41) is 7.28. The molecule has 0 saturated carbocycles. The first kappa shape index (κ1) is 30.1. The van der Waals surface area contributed by atoms with Crippen LogP contribution in [-0.4, -0.2) is 28.2 Å². The molecule has 0 unspecified atom stereocenters. The SMILES string of the molecule is Cn1c(-c2ccc3c4ccccc4n(-c4ccc5c6ccccc6n(-c6cc(-n7c8ccccc8c8ccccc87)ccn6)c5c4)c3c2)nc2ccccc21. The normalized spacial score (nSPS) is 12.1. The molecule has 0 aliphatic rings. The highest BCUT2D eigenvalue weighted by atomic mass is 15.1. The lowest BCUT2D eigenvalue weighted by Crippen LogP contribution is -2.01. The van der Waals surface area contributed by atoms with Gasteiger partial charge in [-0.1, -0.05) is 103 Å². The minimum Gasteiger partial charge on any atom is -0.327 e. The summed E-state index contributed by atoms with van der Waals surface area (Å²) >= 11 is 0. The van der Waals surface area contributed by atoms with Gasteiger partial charge in [0.1, 0.15) is 11.6 Å². The third-order valence-corrected chi connectivity index (χ3v) is 11.4. The molecule has 0 atom stereocenters. The molecule has 12 rings (SSSR count). The fraction of sp³-hybridized carbons (Fsp3) is 0.0204. The van der Waals surface area contributed by atoms with Crippen molar-refractivity contribution in [1.29, 1.82) is 0 Å². The first-order valence-electron chi connectivity index (χ1n) is 18.6. The third kappa shape index (κ3) is 4.25. The monoisotopic (exact) mass is 704 g/mol. The summed E-state index contributed by atoms with van der Waals surface area (Å²) in [6.07, 6.45) is 1.94. The molecule has 12 aromatic rings. The predicted octanol–water partition coefficient (Wildman–Crippen LogP) is 11.9. The minimum absolute atomic E-state index is 0.870. The molecular weight excluding hydrogens is 673 g/mol. The fourth-order valence-corrected chi connectivity index (χ4v) is 9.01. The van der Waals surface area contributed by atoms with E-state index < -0.39 is 0 Å². The molecule has 0 spiro atoms. The van der Waals surface area contributed by atoms with Gasteiger partial charge >= 0.3 is 0 Å². The predicted molar refractivity (Wildman–Crippen MR) is 227 cm³/mol. The van der Waals surface area contributed by atoms with Gasteiger partial charge in [-0.15, -0.1) is 0 Å². The zero-order chi connectivity index (χ0) is 36.2. The van der Waals surface area contributed by atoms with Crippen LogP contribution in [0, 0.1) is 0 Å². The van der Waals surface area contributed by atoms with Crippen LogP contribution in [0.5, 0.6) is 0 Å². The highest BCUT2D eigenvalue weighted by Gasteiger charge is 2.20. The molecule has 0 radical (unpaired) electrons. The lowest BCUT2D eigenvalue weighted by atomic mass is 10.1. The average Bonchev–Trinajstić information content (AvgIpc) is 3.97. The number of benzene rings is 7. The van der Waals surface area contributed by atoms with Crippen LogP contribution >= 0.6 is 0 Å². The Morgan fingerprint density at radius 3 is 1.47 bits per heavy atom. The zero-order valence-electron chi connectivity index (χ0n) is 29.9. The maximum atomic E-state index is 5.06. The van der Waals surface area contributed by atoms with E-state index in [-0.39, 0.29) is 0 Å². The van der Waals surface area contributed by atoms with E-state index >= 15 is 0 Å². The van der Waals surface area contributed by atoms with Crippen LogP contribution in [0.25, 0.3) is 105 Å². The van der Waals surface area contributed by atoms with Crippen molar-refractivity contribution >= 4 is 76.5 Å². The van der Waals surface area contributed by atoms with Crippen LogP contribution < -0.4 is 0 Å². The van der Waals surface area contributed by atoms with E-state index in [1.807, 2.05) is 12.3 Å². The number of nitrogens with zero attached hydrogens (tertiary/aromatic N) is 6. The smallest absolute Gasteiger partial charge is 0.140 e. The second-order valence-corrected chi connectivity index (χ2v) is 14.4. The Balaban J connectivity index is 1.10. The van der Waals surface area contributed by atoms with E-state index in [1.54, 1.807) is 0 Å². The van der Waals surface area contributed by atoms with Gasteiger partial charge in [0.2, 0.25) is 0 Å². The fourth-order valence-electron chi connectivity index (χ4n) is 9.01. The number of para-hydroxylation sites is 6. The Morgan fingerprint density at radius 2 is 0.855 bits per heavy atom. The Hall–Kier alpha value is -7.44. The molecule has 5 aromatic heterocycles. The quantitative estimate of drug-likeness (QED) is 0.183. The maximum absolute atomic E-state index is 5.06. The van der Waals surface area contributed by atoms with Crippen LogP contribution in [0.2, 0.25) is 0 Å². The number of hydrogen-bond donors (Lipinski definition) is 0. The van der Waals surface area contributed by atoms with Gasteiger partial charge in [-0.25, -0.2) is 9.97 Å². The summed E-state index contributed by atoms with van der Waals surface area (Å²) in [4.78, 5) is 10.1. The Labute approximate surface area is 315 Å². The molecule has 0 fully saturated rings. The molecule has 0 bridgehead atoms. The van der Waals surface area contributed by atoms with E-state index in [4.69, 9.17) is 9.97 Å². The summed E-state index contributed by atoms with van der Waals surface area (Å²) < 4.78 is 9.27. The summed E-state index contributed by atoms with van der Waals surface area (Å²) in [5.74, 6) is 1.82. The Bertz CT molecular complexity index is 3470. The van der Waals surface area contributed by atoms with Crippen molar-refractivity contribution in [2.24, 2.45) is 7.05 Å². The molecule has 7 aromatic carbocycles. The van der Waals surface area contributed by atoms with Crippen LogP contribution in [0.15, 0.2) is 176 Å². The van der Waals surface area contributed by atoms with Gasteiger partial charge in [-0.05, 0) is 60.7 Å². The molecule has 258 valence electrons. The molecule has 6 nitrogen and oxygen atoms in total. The standard InChI is InChI=1S/C49H32N6/c1-52-45-21-11-6-16-40(45)51-49(52)31-22-24-38-36-14-4-9-19-43(36)54(46(38)28-31)32-23-25-39-37-15-5-10-20-44(37)55(47(39)29-32)48-30-33(26-27-50-48)53-41-17-7-2-12-34(41)35-13-3-8-18-42(35)53/h2-30H,1H3. The number of imidazole rings is 1. The molecule has 6 heteroatoms. The van der Waals surface area contributed by atoms with Crippen LogP contribution in [0.3, 0.4) is 0 Å². The van der Waals surface area contributed by atoms with E-state index in [0.717, 1.165) is 61.7 Å². The van der Waals surface area contributed by atoms with E-state index in [0.29, 0.717) is 0 Å². The molecule has 0 aliphatic heterocycles. The van der Waals surface area contributed by atoms with Crippen LogP contribution in [-0.2, 0) is 7.05 Å². The number of aryl methyl sites for hydroxylation is 1. The zero-order valence-corrected chi connectivity index (χ0v) is 29.9. The second kappa shape index (κ2) is 11.3. The summed E-state index contributed by atoms with van der Waals surface area (Å²) in [7, 11) is 2.10. The number of hydrogen-bond acceptors (Lipinski definition) is 2. The molecule has 0 saturated heterocycles. The number of fused-ring (bicyclic) bond motifs is 10. The average molecular weight is 705 g/mol. The molecule has 0 amide bonds. The van der Waals surface area contributed by atoms with Gasteiger partial charge in [-0.3, -0.25) is 4.57 Å². The number of rotatable bonds is 4. The topological polar surface area (TPSA) is 45.5 Å². The lowest BCUT2D eigenvalue weighted by molar-refractivity contribution is 0.959. The van der Waals surface area contributed by atoms with E-state index in [1.165, 1.54) is 43.4 Å². The summed E-state index contributed by atoms with van der Waals surface area (Å²) in [6, 6.07) is 60.9. The van der Waals surface area contributed by atoms with Gasteiger partial charge in [0, 0.05) is 62.9 Å². The molecule has 5 heterocycles. The van der Waals surface area contributed by atoms with Crippen molar-refractivity contribution in [1.82, 2.24) is 28.2 Å². The van der Waals surface area contributed by atoms with Crippen molar-refractivity contribution < 1.29 is 0 Å². The van der Waals surface area contributed by atoms with Gasteiger partial charge in [-0.2, -0.15) is 0 Å². The summed E-state index contributed by atoms with van der Waals surface area (Å²) in [6.45, 7) is 0. The van der Waals surface area contributed by atoms with Crippen molar-refractivity contribution in [2.45, 2.75) is 0 Å². The lowest BCUT2D eigenvalue weighted by Gasteiger charge is -2.13. The first-order chi connectivity index (χ1) is 27.2. The summed E-state index contributed by atoms with van der Waals surface area (Å²) in [5.41, 5.74) is 12.2. The highest BCUT2D eigenvalue weighted by Crippen LogP contribution is 2.39. The van der Waals surface area contributed by atoms with Crippen LogP contribution in [0.1, 0.15) is 0 Å². The Kier molecular flexibility index (Phi) is 6.17. The first-order valence-corrected chi connectivity index (χ1v) is 18.6. The maximum Gasteiger partial charge on any atom is 0.140 e. The third-order valence-electron chi connectivity index (χ3n) is 11.4. The molecule has 55 heavy (non-hydrogen) atoms. The van der Waals surface area contributed by atoms with Crippen molar-refractivity contribution in [3.8, 4) is 28.6 Å².